The number of ether oxygens (including phenoxy) is 2. The molecule has 0 aliphatic carbocycles. The summed E-state index contributed by atoms with van der Waals surface area (Å²) in [6.07, 6.45) is 0. The number of hydrogen-bond acceptors (Lipinski definition) is 4. The fourth-order valence-corrected chi connectivity index (χ4v) is 2.01. The summed E-state index contributed by atoms with van der Waals surface area (Å²) >= 11 is 0. The van der Waals surface area contributed by atoms with E-state index in [1.165, 1.54) is 0 Å². The van der Waals surface area contributed by atoms with Crippen molar-refractivity contribution in [1.29, 1.82) is 0 Å². The first kappa shape index (κ1) is 10.2. The maximum Gasteiger partial charge on any atom is 0.322 e. The van der Waals surface area contributed by atoms with Crippen LogP contribution in [0.1, 0.15) is 0 Å². The molecular weight excluding hydrogens is 222 g/mol. The number of nitrogens with one attached hydrogen (secondary N) is 1. The van der Waals surface area contributed by atoms with Crippen molar-refractivity contribution in [1.82, 2.24) is 5.32 Å². The number of fused-ring (bicyclic) bond motifs is 1. The van der Waals surface area contributed by atoms with Gasteiger partial charge in [-0.1, -0.05) is 0 Å². The standard InChI is InChI=1S/C11H13N3O3/c12-4-7-5-14(11(15)13-7)8-1-2-9-10(3-8)17-6-16-9/h1-3,7H,4-6,12H2,(H,13,15). The number of amides is 2. The van der Waals surface area contributed by atoms with E-state index in [4.69, 9.17) is 15.2 Å². The van der Waals surface area contributed by atoms with Crippen LogP contribution in [0.25, 0.3) is 0 Å². The van der Waals surface area contributed by atoms with Gasteiger partial charge in [0, 0.05) is 24.8 Å². The molecule has 1 aromatic rings. The number of nitrogens with two attached hydrogens (primary N) is 1. The molecule has 6 heteroatoms. The predicted octanol–water partition coefficient (Wildman–Crippen LogP) is 0.272. The van der Waals surface area contributed by atoms with Crippen molar-refractivity contribution >= 4 is 11.7 Å². The zero-order valence-corrected chi connectivity index (χ0v) is 9.18. The van der Waals surface area contributed by atoms with Crippen molar-refractivity contribution in [3.63, 3.8) is 0 Å². The summed E-state index contributed by atoms with van der Waals surface area (Å²) in [5, 5.41) is 2.81. The highest BCUT2D eigenvalue weighted by atomic mass is 16.7. The van der Waals surface area contributed by atoms with Crippen LogP contribution < -0.4 is 25.4 Å². The van der Waals surface area contributed by atoms with E-state index >= 15 is 0 Å². The fraction of sp³-hybridized carbons (Fsp3) is 0.364. The number of nitrogens with zero attached hydrogens (tertiary/aromatic N) is 1. The number of hydrogen-bond donors (Lipinski definition) is 2. The lowest BCUT2D eigenvalue weighted by atomic mass is 10.2. The van der Waals surface area contributed by atoms with E-state index in [0.717, 1.165) is 5.69 Å². The second-order valence-electron chi connectivity index (χ2n) is 4.03. The van der Waals surface area contributed by atoms with E-state index in [-0.39, 0.29) is 18.9 Å². The molecule has 2 aliphatic heterocycles. The van der Waals surface area contributed by atoms with Gasteiger partial charge in [0.15, 0.2) is 11.5 Å². The molecule has 0 spiro atoms. The first-order valence-corrected chi connectivity index (χ1v) is 5.45. The Morgan fingerprint density at radius 3 is 3.00 bits per heavy atom. The van der Waals surface area contributed by atoms with E-state index in [9.17, 15) is 4.79 Å². The molecule has 3 N–H and O–H groups in total. The molecule has 1 fully saturated rings. The molecule has 0 saturated carbocycles. The molecule has 1 atom stereocenters. The molecule has 3 rings (SSSR count). The highest BCUT2D eigenvalue weighted by Crippen LogP contribution is 2.35. The van der Waals surface area contributed by atoms with Crippen molar-refractivity contribution in [3.05, 3.63) is 18.2 Å². The highest BCUT2D eigenvalue weighted by molar-refractivity contribution is 5.95. The summed E-state index contributed by atoms with van der Waals surface area (Å²) in [5.74, 6) is 1.38. The molecule has 0 aromatic heterocycles. The first-order valence-electron chi connectivity index (χ1n) is 5.45. The van der Waals surface area contributed by atoms with Gasteiger partial charge >= 0.3 is 6.03 Å². The summed E-state index contributed by atoms with van der Waals surface area (Å²) in [6.45, 7) is 1.25. The molecule has 6 nitrogen and oxygen atoms in total. The van der Waals surface area contributed by atoms with Crippen molar-refractivity contribution in [2.24, 2.45) is 5.73 Å². The summed E-state index contributed by atoms with van der Waals surface area (Å²) in [7, 11) is 0. The molecule has 0 bridgehead atoms. The smallest absolute Gasteiger partial charge is 0.322 e. The van der Waals surface area contributed by atoms with E-state index in [2.05, 4.69) is 5.32 Å². The monoisotopic (exact) mass is 235 g/mol. The normalized spacial score (nSPS) is 21.8. The topological polar surface area (TPSA) is 76.8 Å². The van der Waals surface area contributed by atoms with Crippen LogP contribution in [0.2, 0.25) is 0 Å². The van der Waals surface area contributed by atoms with Crippen LogP contribution in [0, 0.1) is 0 Å². The van der Waals surface area contributed by atoms with Crippen molar-refractivity contribution in [3.8, 4) is 11.5 Å². The van der Waals surface area contributed by atoms with E-state index in [1.807, 2.05) is 6.07 Å². The molecule has 1 saturated heterocycles. The van der Waals surface area contributed by atoms with Crippen LogP contribution in [0.15, 0.2) is 18.2 Å². The lowest BCUT2D eigenvalue weighted by Crippen LogP contribution is -2.33. The van der Waals surface area contributed by atoms with Crippen molar-refractivity contribution < 1.29 is 14.3 Å². The summed E-state index contributed by atoms with van der Waals surface area (Å²) in [6, 6.07) is 5.33. The molecule has 17 heavy (non-hydrogen) atoms. The van der Waals surface area contributed by atoms with Crippen molar-refractivity contribution in [2.45, 2.75) is 6.04 Å². The zero-order chi connectivity index (χ0) is 11.8. The van der Waals surface area contributed by atoms with Crippen LogP contribution >= 0.6 is 0 Å². The third-order valence-electron chi connectivity index (χ3n) is 2.93. The van der Waals surface area contributed by atoms with Gasteiger partial charge in [-0.15, -0.1) is 0 Å². The minimum Gasteiger partial charge on any atom is -0.454 e. The Labute approximate surface area is 98.3 Å². The first-order chi connectivity index (χ1) is 8.28. The van der Waals surface area contributed by atoms with Gasteiger partial charge in [-0.3, -0.25) is 4.90 Å². The average molecular weight is 235 g/mol. The molecular formula is C11H13N3O3. The van der Waals surface area contributed by atoms with E-state index < -0.39 is 0 Å². The molecule has 2 aliphatic rings. The number of carbonyl (C=O) groups excluding carboxylic acids is 1. The SMILES string of the molecule is NCC1CN(c2ccc3c(c2)OCO3)C(=O)N1. The van der Waals surface area contributed by atoms with Crippen LogP contribution in [-0.4, -0.2) is 32.0 Å². The number of anilines is 1. The zero-order valence-electron chi connectivity index (χ0n) is 9.18. The summed E-state index contributed by atoms with van der Waals surface area (Å²) in [5.41, 5.74) is 6.33. The Balaban J connectivity index is 1.87. The average Bonchev–Trinajstić information content (AvgIpc) is 2.93. The van der Waals surface area contributed by atoms with Gasteiger partial charge < -0.3 is 20.5 Å². The summed E-state index contributed by atoms with van der Waals surface area (Å²) in [4.78, 5) is 13.4. The highest BCUT2D eigenvalue weighted by Gasteiger charge is 2.29. The molecule has 1 unspecified atom stereocenters. The molecule has 90 valence electrons. The van der Waals surface area contributed by atoms with Crippen LogP contribution in [0.5, 0.6) is 11.5 Å². The van der Waals surface area contributed by atoms with E-state index in [1.54, 1.807) is 17.0 Å². The quantitative estimate of drug-likeness (QED) is 0.771. The van der Waals surface area contributed by atoms with Crippen molar-refractivity contribution in [2.75, 3.05) is 24.8 Å². The van der Waals surface area contributed by atoms with Gasteiger partial charge in [0.05, 0.1) is 6.04 Å². The Bertz CT molecular complexity index is 463. The fourth-order valence-electron chi connectivity index (χ4n) is 2.01. The third-order valence-corrected chi connectivity index (χ3v) is 2.93. The second kappa shape index (κ2) is 3.81. The number of carbonyl (C=O) groups is 1. The summed E-state index contributed by atoms with van der Waals surface area (Å²) < 4.78 is 10.5. The maximum absolute atomic E-state index is 11.7. The van der Waals surface area contributed by atoms with Crippen LogP contribution in [-0.2, 0) is 0 Å². The van der Waals surface area contributed by atoms with Gasteiger partial charge in [0.25, 0.3) is 0 Å². The largest absolute Gasteiger partial charge is 0.454 e. The van der Waals surface area contributed by atoms with Crippen LogP contribution in [0.4, 0.5) is 10.5 Å². The third kappa shape index (κ3) is 1.66. The van der Waals surface area contributed by atoms with Gasteiger partial charge in [-0.05, 0) is 12.1 Å². The number of urea groups is 1. The van der Waals surface area contributed by atoms with Gasteiger partial charge in [-0.25, -0.2) is 4.79 Å². The molecule has 0 radical (unpaired) electrons. The minimum atomic E-state index is -0.126. The maximum atomic E-state index is 11.7. The van der Waals surface area contributed by atoms with Gasteiger partial charge in [-0.2, -0.15) is 0 Å². The van der Waals surface area contributed by atoms with Gasteiger partial charge in [0.2, 0.25) is 6.79 Å². The molecule has 1 aromatic carbocycles. The predicted molar refractivity (Wildman–Crippen MR) is 61.3 cm³/mol. The number of benzene rings is 1. The van der Waals surface area contributed by atoms with Gasteiger partial charge in [0.1, 0.15) is 0 Å². The Kier molecular flexibility index (Phi) is 2.29. The van der Waals surface area contributed by atoms with Crippen LogP contribution in [0.3, 0.4) is 0 Å². The minimum absolute atomic E-state index is 0.00734. The lowest BCUT2D eigenvalue weighted by Gasteiger charge is -2.14. The Morgan fingerprint density at radius 2 is 2.24 bits per heavy atom. The second-order valence-corrected chi connectivity index (χ2v) is 4.03. The lowest BCUT2D eigenvalue weighted by molar-refractivity contribution is 0.174. The Morgan fingerprint density at radius 1 is 1.41 bits per heavy atom. The van der Waals surface area contributed by atoms with E-state index in [0.29, 0.717) is 24.6 Å². The Hall–Kier alpha value is -1.95. The molecule has 2 heterocycles. The molecule has 2 amide bonds. The number of rotatable bonds is 2.